The smallest absolute Gasteiger partial charge is 0.160 e. The van der Waals surface area contributed by atoms with Crippen LogP contribution in [0.15, 0.2) is 60.5 Å². The zero-order chi connectivity index (χ0) is 28.3. The van der Waals surface area contributed by atoms with Crippen LogP contribution in [0.2, 0.25) is 0 Å². The lowest BCUT2D eigenvalue weighted by atomic mass is 9.87. The number of benzene rings is 1. The molecule has 0 spiro atoms. The molecule has 6 rings (SSSR count). The van der Waals surface area contributed by atoms with Gasteiger partial charge in [0.2, 0.25) is 0 Å². The number of aromatic nitrogens is 7. The van der Waals surface area contributed by atoms with Gasteiger partial charge in [0, 0.05) is 73.4 Å². The highest BCUT2D eigenvalue weighted by Gasteiger charge is 2.29. The maximum atomic E-state index is 13.7. The Labute approximate surface area is 235 Å². The molecule has 0 amide bonds. The van der Waals surface area contributed by atoms with Crippen LogP contribution < -0.4 is 10.2 Å². The van der Waals surface area contributed by atoms with Gasteiger partial charge in [0.1, 0.15) is 29.9 Å². The Hall–Kier alpha value is -4.74. The van der Waals surface area contributed by atoms with E-state index in [1.165, 1.54) is 12.4 Å². The third-order valence-corrected chi connectivity index (χ3v) is 7.72. The summed E-state index contributed by atoms with van der Waals surface area (Å²) in [6, 6.07) is 5.82. The minimum atomic E-state index is -0.911. The van der Waals surface area contributed by atoms with Gasteiger partial charge in [0.25, 0.3) is 0 Å². The van der Waals surface area contributed by atoms with E-state index in [2.05, 4.69) is 51.0 Å². The molecule has 2 N–H and O–H groups in total. The van der Waals surface area contributed by atoms with Crippen molar-refractivity contribution in [3.63, 3.8) is 0 Å². The van der Waals surface area contributed by atoms with Gasteiger partial charge >= 0.3 is 0 Å². The lowest BCUT2D eigenvalue weighted by Gasteiger charge is -2.37. The van der Waals surface area contributed by atoms with Crippen LogP contribution in [0.5, 0.6) is 0 Å². The first-order chi connectivity index (χ1) is 20.0. The third-order valence-electron chi connectivity index (χ3n) is 7.72. The molecule has 1 aliphatic heterocycles. The number of aromatic amines is 1. The Kier molecular flexibility index (Phi) is 7.36. The van der Waals surface area contributed by atoms with E-state index >= 15 is 0 Å². The number of fused-ring (bicyclic) bond motifs is 1. The van der Waals surface area contributed by atoms with E-state index < -0.39 is 11.6 Å². The molecule has 1 aromatic carbocycles. The number of H-pyrrole nitrogens is 1. The highest BCUT2D eigenvalue weighted by Crippen LogP contribution is 2.35. The molecule has 0 saturated carbocycles. The van der Waals surface area contributed by atoms with Crippen molar-refractivity contribution >= 4 is 34.6 Å². The summed E-state index contributed by atoms with van der Waals surface area (Å²) < 4.78 is 29.1. The summed E-state index contributed by atoms with van der Waals surface area (Å²) in [4.78, 5) is 27.4. The number of anilines is 3. The lowest BCUT2D eigenvalue weighted by Crippen LogP contribution is -2.38. The molecule has 1 fully saturated rings. The van der Waals surface area contributed by atoms with Crippen LogP contribution >= 0.6 is 0 Å². The van der Waals surface area contributed by atoms with Crippen LogP contribution in [-0.2, 0) is 0 Å². The largest absolute Gasteiger partial charge is 0.356 e. The van der Waals surface area contributed by atoms with Gasteiger partial charge in [-0.2, -0.15) is 5.10 Å². The van der Waals surface area contributed by atoms with Crippen molar-refractivity contribution in [2.45, 2.75) is 32.2 Å². The average molecular weight is 557 g/mol. The summed E-state index contributed by atoms with van der Waals surface area (Å²) in [6.45, 7) is 3.57. The molecular weight excluding hydrogens is 526 g/mol. The standard InChI is InChI=1S/C29H30F2N10/c1-18-27(39-21-3-4-23(30)24(31)13-21)35-17-37-29(18)40-11-7-19(8-12-40)25(6-9-32-2)41-15-20(14-38-41)26-22-5-10-33-28(22)36-16-34-26/h3-5,9-10,13-17,19,25H,6-8,11-12H2,1-2H3,(H,33,34,36)(H,35,37,39). The van der Waals surface area contributed by atoms with Crippen molar-refractivity contribution < 1.29 is 8.78 Å². The van der Waals surface area contributed by atoms with Gasteiger partial charge in [-0.1, -0.05) is 0 Å². The second-order valence-corrected chi connectivity index (χ2v) is 10.2. The number of piperidine rings is 1. The van der Waals surface area contributed by atoms with E-state index in [1.807, 2.05) is 31.6 Å². The van der Waals surface area contributed by atoms with Crippen molar-refractivity contribution in [2.75, 3.05) is 30.4 Å². The second-order valence-electron chi connectivity index (χ2n) is 10.2. The van der Waals surface area contributed by atoms with Gasteiger partial charge in [-0.15, -0.1) is 0 Å². The Bertz CT molecular complexity index is 1690. The van der Waals surface area contributed by atoms with Crippen LogP contribution in [0, 0.1) is 24.5 Å². The quantitative estimate of drug-likeness (QED) is 0.243. The van der Waals surface area contributed by atoms with Gasteiger partial charge in [-0.3, -0.25) is 4.68 Å². The number of hydrogen-bond donors (Lipinski definition) is 2. The molecule has 41 heavy (non-hydrogen) atoms. The monoisotopic (exact) mass is 556 g/mol. The zero-order valence-corrected chi connectivity index (χ0v) is 22.8. The second kappa shape index (κ2) is 11.4. The number of hydrogen-bond acceptors (Lipinski definition) is 8. The minimum Gasteiger partial charge on any atom is -0.356 e. The molecule has 1 atom stereocenters. The van der Waals surface area contributed by atoms with E-state index in [0.29, 0.717) is 17.4 Å². The van der Waals surface area contributed by atoms with Gasteiger partial charge < -0.3 is 20.2 Å². The van der Waals surface area contributed by atoms with Crippen LogP contribution in [0.1, 0.15) is 30.9 Å². The van der Waals surface area contributed by atoms with E-state index in [4.69, 9.17) is 5.10 Å². The fraction of sp³-hybridized carbons (Fsp3) is 0.310. The first-order valence-electron chi connectivity index (χ1n) is 13.5. The molecule has 0 radical (unpaired) electrons. The summed E-state index contributed by atoms with van der Waals surface area (Å²) in [7, 11) is 1.79. The molecule has 0 aliphatic carbocycles. The van der Waals surface area contributed by atoms with Crippen LogP contribution in [0.3, 0.4) is 0 Å². The Morgan fingerprint density at radius 2 is 1.93 bits per heavy atom. The van der Waals surface area contributed by atoms with Crippen molar-refractivity contribution in [2.24, 2.45) is 10.9 Å². The van der Waals surface area contributed by atoms with Gasteiger partial charge in [0.05, 0.1) is 17.9 Å². The SMILES string of the molecule is CN=CCC(C1CCN(c2ncnc(Nc3ccc(F)c(F)c3)c2C)CC1)n1cc(-c2ncnc3[nH]ccc23)cn1. The van der Waals surface area contributed by atoms with E-state index in [-0.39, 0.29) is 6.04 Å². The Morgan fingerprint density at radius 1 is 1.10 bits per heavy atom. The van der Waals surface area contributed by atoms with Crippen molar-refractivity contribution in [3.8, 4) is 11.3 Å². The van der Waals surface area contributed by atoms with E-state index in [1.54, 1.807) is 13.4 Å². The molecule has 1 unspecified atom stereocenters. The molecule has 1 aliphatic rings. The van der Waals surface area contributed by atoms with Crippen LogP contribution in [0.25, 0.3) is 22.3 Å². The summed E-state index contributed by atoms with van der Waals surface area (Å²) in [5.74, 6) is -0.0240. The molecule has 10 nitrogen and oxygen atoms in total. The molecule has 1 saturated heterocycles. The molecule has 4 aromatic heterocycles. The molecule has 5 aromatic rings. The summed E-state index contributed by atoms with van der Waals surface area (Å²) in [5.41, 5.74) is 3.88. The minimum absolute atomic E-state index is 0.148. The van der Waals surface area contributed by atoms with Gasteiger partial charge in [-0.25, -0.2) is 28.7 Å². The van der Waals surface area contributed by atoms with Gasteiger partial charge in [-0.05, 0) is 43.9 Å². The first-order valence-corrected chi connectivity index (χ1v) is 13.5. The van der Waals surface area contributed by atoms with Gasteiger partial charge in [0.15, 0.2) is 11.6 Å². The highest BCUT2D eigenvalue weighted by atomic mass is 19.2. The van der Waals surface area contributed by atoms with Crippen LogP contribution in [-0.4, -0.2) is 61.1 Å². The normalized spacial score (nSPS) is 15.2. The maximum Gasteiger partial charge on any atom is 0.160 e. The fourth-order valence-corrected chi connectivity index (χ4v) is 5.57. The average Bonchev–Trinajstić information content (AvgIpc) is 3.67. The molecular formula is C29H30F2N10. The van der Waals surface area contributed by atoms with Crippen LogP contribution in [0.4, 0.5) is 26.1 Å². The number of rotatable bonds is 8. The fourth-order valence-electron chi connectivity index (χ4n) is 5.57. The highest BCUT2D eigenvalue weighted by molar-refractivity contribution is 5.90. The summed E-state index contributed by atoms with van der Waals surface area (Å²) >= 11 is 0. The van der Waals surface area contributed by atoms with Crippen molar-refractivity contribution in [3.05, 3.63) is 72.7 Å². The molecule has 0 bridgehead atoms. The number of nitrogens with one attached hydrogen (secondary N) is 2. The number of aliphatic imine (C=N–C) groups is 1. The Balaban J connectivity index is 1.18. The van der Waals surface area contributed by atoms with Crippen molar-refractivity contribution in [1.29, 1.82) is 0 Å². The number of nitrogens with zero attached hydrogens (tertiary/aromatic N) is 8. The predicted molar refractivity (Wildman–Crippen MR) is 155 cm³/mol. The Morgan fingerprint density at radius 3 is 2.73 bits per heavy atom. The number of halogens is 2. The zero-order valence-electron chi connectivity index (χ0n) is 22.8. The maximum absolute atomic E-state index is 13.7. The van der Waals surface area contributed by atoms with E-state index in [0.717, 1.165) is 78.2 Å². The van der Waals surface area contributed by atoms with Crippen molar-refractivity contribution in [1.82, 2.24) is 34.7 Å². The summed E-state index contributed by atoms with van der Waals surface area (Å²) in [5, 5.41) is 8.82. The third kappa shape index (κ3) is 5.37. The topological polar surface area (TPSA) is 113 Å². The first kappa shape index (κ1) is 26.5. The van der Waals surface area contributed by atoms with E-state index in [9.17, 15) is 8.78 Å². The molecule has 210 valence electrons. The lowest BCUT2D eigenvalue weighted by molar-refractivity contribution is 0.264. The molecule has 5 heterocycles. The predicted octanol–water partition coefficient (Wildman–Crippen LogP) is 5.49. The molecule has 12 heteroatoms. The summed E-state index contributed by atoms with van der Waals surface area (Å²) in [6.07, 6.45) is 13.5.